The van der Waals surface area contributed by atoms with E-state index in [4.69, 9.17) is 4.74 Å². The smallest absolute Gasteiger partial charge is 0.129 e. The number of anilines is 1. The van der Waals surface area contributed by atoms with Gasteiger partial charge in [0.15, 0.2) is 0 Å². The van der Waals surface area contributed by atoms with Crippen molar-refractivity contribution in [3.63, 3.8) is 0 Å². The molecular weight excluding hydrogens is 302 g/mol. The quantitative estimate of drug-likeness (QED) is 0.783. The first-order valence-electron chi connectivity index (χ1n) is 8.11. The van der Waals surface area contributed by atoms with Crippen molar-refractivity contribution in [2.24, 2.45) is 0 Å². The third kappa shape index (κ3) is 3.14. The fourth-order valence-corrected chi connectivity index (χ4v) is 2.94. The zero-order chi connectivity index (χ0) is 16.2. The van der Waals surface area contributed by atoms with Gasteiger partial charge in [0.05, 0.1) is 18.0 Å². The summed E-state index contributed by atoms with van der Waals surface area (Å²) < 4.78 is 7.32. The van der Waals surface area contributed by atoms with Gasteiger partial charge in [-0.05, 0) is 24.1 Å². The first kappa shape index (κ1) is 14.8. The fraction of sp³-hybridized carbons (Fsp3) is 0.278. The predicted octanol–water partition coefficient (Wildman–Crippen LogP) is 2.78. The maximum atomic E-state index is 5.45. The van der Waals surface area contributed by atoms with Gasteiger partial charge < -0.3 is 10.1 Å². The van der Waals surface area contributed by atoms with Gasteiger partial charge in [-0.15, -0.1) is 0 Å². The Morgan fingerprint density at radius 1 is 1.21 bits per heavy atom. The zero-order valence-electron chi connectivity index (χ0n) is 13.3. The molecular formula is C18H19N5O. The van der Waals surface area contributed by atoms with E-state index in [0.717, 1.165) is 42.4 Å². The van der Waals surface area contributed by atoms with Gasteiger partial charge in [0.1, 0.15) is 12.1 Å². The molecule has 3 aromatic rings. The Balaban J connectivity index is 1.51. The summed E-state index contributed by atoms with van der Waals surface area (Å²) in [7, 11) is 0. The third-order valence-electron chi connectivity index (χ3n) is 4.24. The molecule has 0 saturated carbocycles. The highest BCUT2D eigenvalue weighted by Crippen LogP contribution is 2.24. The lowest BCUT2D eigenvalue weighted by Gasteiger charge is -2.12. The molecule has 1 aliphatic rings. The van der Waals surface area contributed by atoms with E-state index < -0.39 is 0 Å². The summed E-state index contributed by atoms with van der Waals surface area (Å²) in [6.45, 7) is 2.24. The monoisotopic (exact) mass is 321 g/mol. The average Bonchev–Trinajstić information content (AvgIpc) is 3.34. The molecule has 6 heteroatoms. The minimum Gasteiger partial charge on any atom is -0.381 e. The topological polar surface area (TPSA) is 64.9 Å². The number of ether oxygens (including phenoxy) is 1. The first-order chi connectivity index (χ1) is 11.9. The minimum atomic E-state index is 0.380. The van der Waals surface area contributed by atoms with Crippen molar-refractivity contribution in [1.82, 2.24) is 19.7 Å². The lowest BCUT2D eigenvalue weighted by atomic mass is 10.1. The van der Waals surface area contributed by atoms with Crippen LogP contribution in [0.2, 0.25) is 0 Å². The van der Waals surface area contributed by atoms with Crippen LogP contribution in [0.4, 0.5) is 5.82 Å². The van der Waals surface area contributed by atoms with Gasteiger partial charge >= 0.3 is 0 Å². The summed E-state index contributed by atoms with van der Waals surface area (Å²) in [5.74, 6) is 1.21. The van der Waals surface area contributed by atoms with Crippen molar-refractivity contribution in [2.45, 2.75) is 18.9 Å². The number of para-hydroxylation sites is 1. The highest BCUT2D eigenvalue weighted by atomic mass is 16.5. The first-order valence-corrected chi connectivity index (χ1v) is 8.11. The largest absolute Gasteiger partial charge is 0.381 e. The Kier molecular flexibility index (Phi) is 4.20. The van der Waals surface area contributed by atoms with Crippen LogP contribution in [0.1, 0.15) is 23.6 Å². The van der Waals surface area contributed by atoms with E-state index in [2.05, 4.69) is 32.5 Å². The number of aromatic nitrogens is 4. The van der Waals surface area contributed by atoms with E-state index in [0.29, 0.717) is 12.5 Å². The maximum Gasteiger partial charge on any atom is 0.129 e. The van der Waals surface area contributed by atoms with Gasteiger partial charge in [-0.2, -0.15) is 5.10 Å². The van der Waals surface area contributed by atoms with Crippen molar-refractivity contribution in [3.05, 3.63) is 66.4 Å². The number of hydrogen-bond acceptors (Lipinski definition) is 5. The van der Waals surface area contributed by atoms with Crippen LogP contribution in [0, 0.1) is 0 Å². The second-order valence-corrected chi connectivity index (χ2v) is 5.82. The summed E-state index contributed by atoms with van der Waals surface area (Å²) in [4.78, 5) is 8.72. The molecule has 1 aromatic carbocycles. The molecule has 0 amide bonds. The lowest BCUT2D eigenvalue weighted by Crippen LogP contribution is -2.08. The zero-order valence-corrected chi connectivity index (χ0v) is 13.3. The molecule has 1 atom stereocenters. The summed E-state index contributed by atoms with van der Waals surface area (Å²) >= 11 is 0. The van der Waals surface area contributed by atoms with Gasteiger partial charge in [-0.1, -0.05) is 18.2 Å². The lowest BCUT2D eigenvalue weighted by molar-refractivity contribution is 0.193. The van der Waals surface area contributed by atoms with Crippen LogP contribution in [-0.4, -0.2) is 33.0 Å². The van der Waals surface area contributed by atoms with Crippen molar-refractivity contribution in [3.8, 4) is 5.69 Å². The average molecular weight is 321 g/mol. The molecule has 0 bridgehead atoms. The molecule has 6 nitrogen and oxygen atoms in total. The molecule has 1 fully saturated rings. The van der Waals surface area contributed by atoms with Gasteiger partial charge in [0.2, 0.25) is 0 Å². The maximum absolute atomic E-state index is 5.45. The van der Waals surface area contributed by atoms with Crippen LogP contribution < -0.4 is 5.32 Å². The Hall–Kier alpha value is -2.73. The Morgan fingerprint density at radius 3 is 3.00 bits per heavy atom. The summed E-state index contributed by atoms with van der Waals surface area (Å²) in [5, 5.41) is 7.71. The van der Waals surface area contributed by atoms with E-state index >= 15 is 0 Å². The van der Waals surface area contributed by atoms with Crippen LogP contribution in [-0.2, 0) is 11.3 Å². The number of benzene rings is 1. The van der Waals surface area contributed by atoms with Crippen LogP contribution in [0.3, 0.4) is 0 Å². The molecule has 122 valence electrons. The molecule has 24 heavy (non-hydrogen) atoms. The second-order valence-electron chi connectivity index (χ2n) is 5.82. The van der Waals surface area contributed by atoms with E-state index in [1.54, 1.807) is 12.5 Å². The molecule has 1 N–H and O–H groups in total. The number of nitrogens with one attached hydrogen (secondary N) is 1. The molecule has 1 unspecified atom stereocenters. The standard InChI is InChI=1S/C18H19N5O/c1-2-5-17(23-8-3-7-22-23)14(4-1)11-19-18-10-16(20-13-21-18)15-6-9-24-12-15/h1-5,7-8,10,13,15H,6,9,11-12H2,(H,19,20,21). The SMILES string of the molecule is c1ccc(-n2cccn2)c(CNc2cc(C3CCOC3)ncn2)c1. The molecule has 1 saturated heterocycles. The van der Waals surface area contributed by atoms with Crippen LogP contribution in [0.5, 0.6) is 0 Å². The van der Waals surface area contributed by atoms with Crippen molar-refractivity contribution in [1.29, 1.82) is 0 Å². The van der Waals surface area contributed by atoms with Crippen LogP contribution in [0.15, 0.2) is 55.1 Å². The highest BCUT2D eigenvalue weighted by molar-refractivity contribution is 5.44. The minimum absolute atomic E-state index is 0.380. The van der Waals surface area contributed by atoms with E-state index in [1.807, 2.05) is 35.1 Å². The van der Waals surface area contributed by atoms with Gasteiger partial charge in [0, 0.05) is 37.5 Å². The van der Waals surface area contributed by atoms with Crippen LogP contribution >= 0.6 is 0 Å². The molecule has 0 spiro atoms. The Bertz CT molecular complexity index is 797. The molecule has 4 rings (SSSR count). The number of hydrogen-bond donors (Lipinski definition) is 1. The number of nitrogens with zero attached hydrogens (tertiary/aromatic N) is 4. The van der Waals surface area contributed by atoms with Crippen LogP contribution in [0.25, 0.3) is 5.69 Å². The highest BCUT2D eigenvalue weighted by Gasteiger charge is 2.19. The van der Waals surface area contributed by atoms with E-state index in [1.165, 1.54) is 0 Å². The normalized spacial score (nSPS) is 17.1. The predicted molar refractivity (Wildman–Crippen MR) is 91.1 cm³/mol. The summed E-state index contributed by atoms with van der Waals surface area (Å²) in [5.41, 5.74) is 3.27. The van der Waals surface area contributed by atoms with Crippen molar-refractivity contribution in [2.75, 3.05) is 18.5 Å². The van der Waals surface area contributed by atoms with Gasteiger partial charge in [-0.3, -0.25) is 0 Å². The van der Waals surface area contributed by atoms with Crippen molar-refractivity contribution >= 4 is 5.82 Å². The third-order valence-corrected chi connectivity index (χ3v) is 4.24. The second kappa shape index (κ2) is 6.80. The summed E-state index contributed by atoms with van der Waals surface area (Å²) in [6, 6.07) is 12.2. The van der Waals surface area contributed by atoms with Gasteiger partial charge in [-0.25, -0.2) is 14.6 Å². The molecule has 3 heterocycles. The summed E-state index contributed by atoms with van der Waals surface area (Å²) in [6.07, 6.45) is 6.38. The molecule has 0 radical (unpaired) electrons. The Morgan fingerprint density at radius 2 is 2.17 bits per heavy atom. The molecule has 1 aliphatic heterocycles. The van der Waals surface area contributed by atoms with Gasteiger partial charge in [0.25, 0.3) is 0 Å². The van der Waals surface area contributed by atoms with Crippen molar-refractivity contribution < 1.29 is 4.74 Å². The van der Waals surface area contributed by atoms with E-state index in [-0.39, 0.29) is 0 Å². The Labute approximate surface area is 140 Å². The molecule has 2 aromatic heterocycles. The van der Waals surface area contributed by atoms with E-state index in [9.17, 15) is 0 Å². The number of rotatable bonds is 5. The fourth-order valence-electron chi connectivity index (χ4n) is 2.94. The molecule has 0 aliphatic carbocycles.